The Morgan fingerprint density at radius 1 is 1.40 bits per heavy atom. The number of amides is 1. The van der Waals surface area contributed by atoms with Crippen LogP contribution in [0, 0.1) is 0 Å². The second-order valence-electron chi connectivity index (χ2n) is 6.08. The number of hydrogen-bond donors (Lipinski definition) is 2. The molecule has 128 valence electrons. The van der Waals surface area contributed by atoms with Crippen molar-refractivity contribution >= 4 is 22.6 Å². The van der Waals surface area contributed by atoms with Crippen LogP contribution in [0.5, 0.6) is 0 Å². The monoisotopic (exact) mass is 339 g/mol. The van der Waals surface area contributed by atoms with Crippen LogP contribution in [0.25, 0.3) is 16.7 Å². The smallest absolute Gasteiger partial charge is 0.222 e. The van der Waals surface area contributed by atoms with Crippen molar-refractivity contribution in [2.45, 2.75) is 18.9 Å². The maximum absolute atomic E-state index is 11.2. The molecule has 1 atom stereocenters. The summed E-state index contributed by atoms with van der Waals surface area (Å²) in [7, 11) is 0. The summed E-state index contributed by atoms with van der Waals surface area (Å²) in [5.41, 5.74) is 0.252. The highest BCUT2D eigenvalue weighted by molar-refractivity contribution is 5.90. The number of aromatic nitrogens is 4. The second-order valence-corrected chi connectivity index (χ2v) is 6.08. The normalized spacial score (nSPS) is 20.1. The molecular weight excluding hydrogens is 322 g/mol. The number of carbonyl (C=O) groups is 1. The van der Waals surface area contributed by atoms with Crippen molar-refractivity contribution in [1.82, 2.24) is 19.7 Å². The van der Waals surface area contributed by atoms with E-state index in [0.717, 1.165) is 10.9 Å². The van der Waals surface area contributed by atoms with Gasteiger partial charge in [-0.25, -0.2) is 14.6 Å². The van der Waals surface area contributed by atoms with Gasteiger partial charge in [-0.2, -0.15) is 5.10 Å². The van der Waals surface area contributed by atoms with Crippen molar-refractivity contribution in [1.29, 1.82) is 0 Å². The average Bonchev–Trinajstić information content (AvgIpc) is 3.21. The molecule has 1 fully saturated rings. The van der Waals surface area contributed by atoms with Crippen molar-refractivity contribution in [2.24, 2.45) is 0 Å². The van der Waals surface area contributed by atoms with Gasteiger partial charge >= 0.3 is 0 Å². The van der Waals surface area contributed by atoms with E-state index in [9.17, 15) is 9.90 Å². The SMILES string of the molecule is CC(=O)Nc1cc2c(cn1)cnn2-c1cccc(C2(O)CCOC2)n1. The van der Waals surface area contributed by atoms with Crippen LogP contribution in [0.4, 0.5) is 5.82 Å². The lowest BCUT2D eigenvalue weighted by Crippen LogP contribution is -2.27. The molecule has 0 spiro atoms. The van der Waals surface area contributed by atoms with Crippen molar-refractivity contribution in [3.05, 3.63) is 42.4 Å². The van der Waals surface area contributed by atoms with Crippen LogP contribution < -0.4 is 5.32 Å². The first-order valence-corrected chi connectivity index (χ1v) is 7.95. The number of carbonyl (C=O) groups excluding carboxylic acids is 1. The summed E-state index contributed by atoms with van der Waals surface area (Å²) in [5.74, 6) is 0.829. The topological polar surface area (TPSA) is 102 Å². The standard InChI is InChI=1S/C17H17N5O3/c1-11(23)20-15-7-13-12(8-18-15)9-19-22(13)16-4-2-3-14(21-16)17(24)5-6-25-10-17/h2-4,7-9,24H,5-6,10H2,1H3,(H,18,20,23). The minimum Gasteiger partial charge on any atom is -0.381 e. The number of ether oxygens (including phenoxy) is 1. The van der Waals surface area contributed by atoms with E-state index in [1.807, 2.05) is 12.1 Å². The first kappa shape index (κ1) is 15.7. The van der Waals surface area contributed by atoms with Gasteiger partial charge in [-0.1, -0.05) is 6.07 Å². The molecule has 2 N–H and O–H groups in total. The zero-order chi connectivity index (χ0) is 17.4. The van der Waals surface area contributed by atoms with E-state index in [0.29, 0.717) is 30.4 Å². The Labute approximate surface area is 143 Å². The Morgan fingerprint density at radius 3 is 3.04 bits per heavy atom. The summed E-state index contributed by atoms with van der Waals surface area (Å²) in [6.45, 7) is 2.18. The molecule has 0 aromatic carbocycles. The van der Waals surface area contributed by atoms with Gasteiger partial charge in [0.15, 0.2) is 5.82 Å². The fraction of sp³-hybridized carbons (Fsp3) is 0.294. The third kappa shape index (κ3) is 2.86. The summed E-state index contributed by atoms with van der Waals surface area (Å²) >= 11 is 0. The Hall–Kier alpha value is -2.84. The minimum absolute atomic E-state index is 0.193. The van der Waals surface area contributed by atoms with Crippen LogP contribution in [0.15, 0.2) is 36.7 Å². The highest BCUT2D eigenvalue weighted by Crippen LogP contribution is 2.29. The van der Waals surface area contributed by atoms with Crippen LogP contribution in [0.2, 0.25) is 0 Å². The van der Waals surface area contributed by atoms with E-state index in [-0.39, 0.29) is 12.5 Å². The molecule has 4 rings (SSSR count). The van der Waals surface area contributed by atoms with Gasteiger partial charge in [0, 0.05) is 37.6 Å². The molecule has 4 heterocycles. The molecule has 1 aliphatic rings. The number of nitrogens with zero attached hydrogens (tertiary/aromatic N) is 4. The number of nitrogens with one attached hydrogen (secondary N) is 1. The van der Waals surface area contributed by atoms with Crippen molar-refractivity contribution in [2.75, 3.05) is 18.5 Å². The molecule has 0 aliphatic carbocycles. The van der Waals surface area contributed by atoms with E-state index in [4.69, 9.17) is 4.74 Å². The van der Waals surface area contributed by atoms with Crippen LogP contribution in [0.3, 0.4) is 0 Å². The maximum atomic E-state index is 11.2. The highest BCUT2D eigenvalue weighted by atomic mass is 16.5. The van der Waals surface area contributed by atoms with Crippen LogP contribution in [-0.2, 0) is 15.1 Å². The second kappa shape index (κ2) is 5.91. The number of hydrogen-bond acceptors (Lipinski definition) is 6. The molecule has 0 bridgehead atoms. The van der Waals surface area contributed by atoms with Crippen molar-refractivity contribution in [3.8, 4) is 5.82 Å². The molecule has 25 heavy (non-hydrogen) atoms. The molecule has 8 nitrogen and oxygen atoms in total. The number of fused-ring (bicyclic) bond motifs is 1. The lowest BCUT2D eigenvalue weighted by molar-refractivity contribution is -0.114. The lowest BCUT2D eigenvalue weighted by atomic mass is 9.98. The van der Waals surface area contributed by atoms with Gasteiger partial charge in [0.05, 0.1) is 24.0 Å². The van der Waals surface area contributed by atoms with E-state index in [2.05, 4.69) is 20.4 Å². The van der Waals surface area contributed by atoms with Crippen molar-refractivity contribution < 1.29 is 14.6 Å². The van der Waals surface area contributed by atoms with Gasteiger partial charge in [0.2, 0.25) is 5.91 Å². The third-order valence-electron chi connectivity index (χ3n) is 4.19. The zero-order valence-corrected chi connectivity index (χ0v) is 13.6. The summed E-state index contributed by atoms with van der Waals surface area (Å²) < 4.78 is 6.96. The van der Waals surface area contributed by atoms with Gasteiger partial charge in [-0.05, 0) is 12.1 Å². The Balaban J connectivity index is 1.78. The molecule has 0 radical (unpaired) electrons. The molecule has 1 aliphatic heterocycles. The number of pyridine rings is 2. The molecule has 3 aromatic rings. The highest BCUT2D eigenvalue weighted by Gasteiger charge is 2.35. The molecule has 1 amide bonds. The minimum atomic E-state index is -1.07. The Kier molecular flexibility index (Phi) is 3.70. The van der Waals surface area contributed by atoms with Crippen molar-refractivity contribution in [3.63, 3.8) is 0 Å². The molecule has 8 heteroatoms. The van der Waals surface area contributed by atoms with Gasteiger partial charge in [0.25, 0.3) is 0 Å². The summed E-state index contributed by atoms with van der Waals surface area (Å²) in [6, 6.07) is 7.17. The van der Waals surface area contributed by atoms with Crippen LogP contribution in [0.1, 0.15) is 19.0 Å². The van der Waals surface area contributed by atoms with Gasteiger partial charge in [0.1, 0.15) is 11.4 Å². The Bertz CT molecular complexity index is 946. The predicted molar refractivity (Wildman–Crippen MR) is 90.3 cm³/mol. The largest absolute Gasteiger partial charge is 0.381 e. The number of aliphatic hydroxyl groups is 1. The summed E-state index contributed by atoms with van der Waals surface area (Å²) in [4.78, 5) is 20.0. The van der Waals surface area contributed by atoms with Gasteiger partial charge < -0.3 is 15.2 Å². The molecule has 1 saturated heterocycles. The maximum Gasteiger partial charge on any atom is 0.222 e. The third-order valence-corrected chi connectivity index (χ3v) is 4.19. The first-order valence-electron chi connectivity index (χ1n) is 7.95. The van der Waals surface area contributed by atoms with Crippen LogP contribution in [-0.4, -0.2) is 44.0 Å². The fourth-order valence-electron chi connectivity index (χ4n) is 2.91. The molecule has 0 saturated carbocycles. The van der Waals surface area contributed by atoms with E-state index in [1.165, 1.54) is 6.92 Å². The average molecular weight is 339 g/mol. The van der Waals surface area contributed by atoms with E-state index in [1.54, 1.807) is 29.2 Å². The summed E-state index contributed by atoms with van der Waals surface area (Å²) in [5, 5.41) is 18.5. The zero-order valence-electron chi connectivity index (χ0n) is 13.6. The van der Waals surface area contributed by atoms with Gasteiger partial charge in [-0.3, -0.25) is 4.79 Å². The fourth-order valence-corrected chi connectivity index (χ4v) is 2.91. The Morgan fingerprint density at radius 2 is 2.28 bits per heavy atom. The quantitative estimate of drug-likeness (QED) is 0.747. The molecular formula is C17H17N5O3. The van der Waals surface area contributed by atoms with E-state index < -0.39 is 5.60 Å². The summed E-state index contributed by atoms with van der Waals surface area (Å²) in [6.07, 6.45) is 3.84. The number of rotatable bonds is 3. The van der Waals surface area contributed by atoms with Gasteiger partial charge in [-0.15, -0.1) is 0 Å². The molecule has 3 aromatic heterocycles. The van der Waals surface area contributed by atoms with Crippen LogP contribution >= 0.6 is 0 Å². The molecule has 1 unspecified atom stereocenters. The predicted octanol–water partition coefficient (Wildman–Crippen LogP) is 1.38. The lowest BCUT2D eigenvalue weighted by Gasteiger charge is -2.20. The number of anilines is 1. The van der Waals surface area contributed by atoms with E-state index >= 15 is 0 Å². The first-order chi connectivity index (χ1) is 12.0.